The molecule has 3 nitrogen and oxygen atoms in total. The van der Waals surface area contributed by atoms with Crippen LogP contribution in [0.2, 0.25) is 0 Å². The first-order chi connectivity index (χ1) is 10.1. The van der Waals surface area contributed by atoms with Crippen molar-refractivity contribution < 1.29 is 9.90 Å². The largest absolute Gasteiger partial charge is 0.507 e. The lowest BCUT2D eigenvalue weighted by Gasteiger charge is -2.20. The molecule has 0 saturated heterocycles. The van der Waals surface area contributed by atoms with Gasteiger partial charge in [-0.1, -0.05) is 40.2 Å². The predicted octanol–water partition coefficient (Wildman–Crippen LogP) is 3.40. The maximum Gasteiger partial charge on any atom is 0.257 e. The highest BCUT2D eigenvalue weighted by atomic mass is 79.9. The fourth-order valence-corrected chi connectivity index (χ4v) is 3.08. The van der Waals surface area contributed by atoms with Crippen LogP contribution in [0.3, 0.4) is 0 Å². The smallest absolute Gasteiger partial charge is 0.257 e. The number of benzene rings is 2. The molecule has 0 atom stereocenters. The van der Waals surface area contributed by atoms with Gasteiger partial charge in [-0.15, -0.1) is 0 Å². The molecular formula is C17H16BrNO2. The maximum atomic E-state index is 12.6. The fraction of sp³-hybridized carbons (Fsp3) is 0.235. The van der Waals surface area contributed by atoms with E-state index >= 15 is 0 Å². The van der Waals surface area contributed by atoms with Crippen LogP contribution in [0.5, 0.6) is 5.75 Å². The Morgan fingerprint density at radius 3 is 2.24 bits per heavy atom. The minimum atomic E-state index is -0.104. The van der Waals surface area contributed by atoms with Crippen molar-refractivity contribution in [3.8, 4) is 5.75 Å². The van der Waals surface area contributed by atoms with Crippen molar-refractivity contribution >= 4 is 21.8 Å². The molecule has 2 aromatic rings. The topological polar surface area (TPSA) is 40.5 Å². The lowest BCUT2D eigenvalue weighted by molar-refractivity contribution is 0.0760. The van der Waals surface area contributed by atoms with Crippen LogP contribution in [0.15, 0.2) is 46.9 Å². The molecule has 0 aromatic heterocycles. The number of phenols is 1. The number of aromatic hydroxyl groups is 1. The van der Waals surface area contributed by atoms with E-state index in [9.17, 15) is 9.90 Å². The number of carbonyl (C=O) groups excluding carboxylic acids is 1. The van der Waals surface area contributed by atoms with Gasteiger partial charge in [0.1, 0.15) is 5.75 Å². The molecule has 0 saturated carbocycles. The zero-order valence-electron chi connectivity index (χ0n) is 11.6. The maximum absolute atomic E-state index is 12.6. The summed E-state index contributed by atoms with van der Waals surface area (Å²) >= 11 is 3.29. The summed E-state index contributed by atoms with van der Waals surface area (Å²) in [4.78, 5) is 14.4. The third kappa shape index (κ3) is 2.95. The Morgan fingerprint density at radius 1 is 1.05 bits per heavy atom. The van der Waals surface area contributed by atoms with Crippen molar-refractivity contribution in [3.63, 3.8) is 0 Å². The van der Waals surface area contributed by atoms with Gasteiger partial charge in [-0.2, -0.15) is 0 Å². The molecule has 1 N–H and O–H groups in total. The number of nitrogens with zero attached hydrogens (tertiary/aromatic N) is 1. The van der Waals surface area contributed by atoms with Gasteiger partial charge in [0.15, 0.2) is 0 Å². The molecule has 1 heterocycles. The van der Waals surface area contributed by atoms with E-state index < -0.39 is 0 Å². The summed E-state index contributed by atoms with van der Waals surface area (Å²) in [6, 6.07) is 13.3. The molecule has 21 heavy (non-hydrogen) atoms. The van der Waals surface area contributed by atoms with Gasteiger partial charge < -0.3 is 10.0 Å². The number of amides is 1. The third-order valence-electron chi connectivity index (χ3n) is 3.90. The van der Waals surface area contributed by atoms with Gasteiger partial charge in [0.05, 0.1) is 5.56 Å². The normalized spacial score (nSPS) is 14.4. The summed E-state index contributed by atoms with van der Waals surface area (Å²) in [7, 11) is 0. The number of rotatable bonds is 1. The second kappa shape index (κ2) is 5.90. The quantitative estimate of drug-likeness (QED) is 0.860. The Hall–Kier alpha value is -1.81. The first-order valence-electron chi connectivity index (χ1n) is 7.00. The first kappa shape index (κ1) is 14.1. The molecule has 0 fully saturated rings. The number of fused-ring (bicyclic) bond motifs is 1. The lowest BCUT2D eigenvalue weighted by Crippen LogP contribution is -2.33. The summed E-state index contributed by atoms with van der Waals surface area (Å²) in [6.45, 7) is 1.37. The Balaban J connectivity index is 1.81. The Kier molecular flexibility index (Phi) is 3.97. The zero-order chi connectivity index (χ0) is 14.8. The van der Waals surface area contributed by atoms with Crippen molar-refractivity contribution in [1.82, 2.24) is 4.90 Å². The van der Waals surface area contributed by atoms with Crippen LogP contribution in [0.1, 0.15) is 21.5 Å². The molecule has 1 aliphatic heterocycles. The van der Waals surface area contributed by atoms with E-state index in [0.717, 1.165) is 17.3 Å². The third-order valence-corrected chi connectivity index (χ3v) is 4.39. The van der Waals surface area contributed by atoms with Crippen molar-refractivity contribution in [2.75, 3.05) is 13.1 Å². The highest BCUT2D eigenvalue weighted by molar-refractivity contribution is 9.10. The summed E-state index contributed by atoms with van der Waals surface area (Å²) in [6.07, 6.45) is 1.72. The van der Waals surface area contributed by atoms with Crippen LogP contribution in [0.4, 0.5) is 0 Å². The number of halogens is 1. The van der Waals surface area contributed by atoms with E-state index in [1.807, 2.05) is 17.0 Å². The van der Waals surface area contributed by atoms with Crippen LogP contribution in [-0.2, 0) is 12.8 Å². The van der Waals surface area contributed by atoms with Gasteiger partial charge >= 0.3 is 0 Å². The van der Waals surface area contributed by atoms with E-state index in [4.69, 9.17) is 0 Å². The van der Waals surface area contributed by atoms with E-state index in [-0.39, 0.29) is 11.7 Å². The number of carbonyl (C=O) groups is 1. The molecule has 3 rings (SSSR count). The number of hydrogen-bond acceptors (Lipinski definition) is 2. The molecular weight excluding hydrogens is 330 g/mol. The highest BCUT2D eigenvalue weighted by Crippen LogP contribution is 2.25. The second-order valence-electron chi connectivity index (χ2n) is 5.22. The summed E-state index contributed by atoms with van der Waals surface area (Å²) in [5.41, 5.74) is 2.99. The van der Waals surface area contributed by atoms with Gasteiger partial charge in [-0.05, 0) is 42.2 Å². The molecule has 108 valence electrons. The zero-order valence-corrected chi connectivity index (χ0v) is 13.1. The summed E-state index contributed by atoms with van der Waals surface area (Å²) in [5.74, 6) is -0.0797. The fourth-order valence-electron chi connectivity index (χ4n) is 2.73. The van der Waals surface area contributed by atoms with Crippen LogP contribution < -0.4 is 0 Å². The van der Waals surface area contributed by atoms with Gasteiger partial charge in [0.25, 0.3) is 5.91 Å². The Labute approximate surface area is 132 Å². The molecule has 0 unspecified atom stereocenters. The van der Waals surface area contributed by atoms with E-state index in [2.05, 4.69) is 28.1 Å². The van der Waals surface area contributed by atoms with Crippen molar-refractivity contribution in [2.24, 2.45) is 0 Å². The summed E-state index contributed by atoms with van der Waals surface area (Å²) < 4.78 is 0.764. The lowest BCUT2D eigenvalue weighted by atomic mass is 10.0. The molecule has 0 spiro atoms. The molecule has 1 aliphatic rings. The van der Waals surface area contributed by atoms with Crippen LogP contribution in [-0.4, -0.2) is 29.0 Å². The average Bonchev–Trinajstić information content (AvgIpc) is 2.69. The molecule has 0 aliphatic carbocycles. The number of hydrogen-bond donors (Lipinski definition) is 1. The summed E-state index contributed by atoms with van der Waals surface area (Å²) in [5, 5.41) is 9.96. The molecule has 0 bridgehead atoms. The van der Waals surface area contributed by atoms with Gasteiger partial charge in [-0.25, -0.2) is 0 Å². The van der Waals surface area contributed by atoms with Gasteiger partial charge in [0.2, 0.25) is 0 Å². The molecule has 2 aromatic carbocycles. The Morgan fingerprint density at radius 2 is 1.67 bits per heavy atom. The van der Waals surface area contributed by atoms with E-state index in [1.54, 1.807) is 18.2 Å². The molecule has 0 radical (unpaired) electrons. The predicted molar refractivity (Wildman–Crippen MR) is 85.6 cm³/mol. The monoisotopic (exact) mass is 345 g/mol. The standard InChI is InChI=1S/C17H16BrNO2/c18-14-5-6-15(16(20)11-14)17(21)19-9-7-12-3-1-2-4-13(12)8-10-19/h1-6,11,20H,7-10H2. The van der Waals surface area contributed by atoms with Crippen molar-refractivity contribution in [3.05, 3.63) is 63.6 Å². The van der Waals surface area contributed by atoms with E-state index in [1.165, 1.54) is 11.1 Å². The average molecular weight is 346 g/mol. The number of phenolic OH excluding ortho intramolecular Hbond substituents is 1. The van der Waals surface area contributed by atoms with E-state index in [0.29, 0.717) is 18.7 Å². The van der Waals surface area contributed by atoms with Gasteiger partial charge in [-0.3, -0.25) is 4.79 Å². The van der Waals surface area contributed by atoms with Crippen molar-refractivity contribution in [2.45, 2.75) is 12.8 Å². The van der Waals surface area contributed by atoms with Gasteiger partial charge in [0, 0.05) is 17.6 Å². The molecule has 4 heteroatoms. The van der Waals surface area contributed by atoms with Crippen molar-refractivity contribution in [1.29, 1.82) is 0 Å². The SMILES string of the molecule is O=C(c1ccc(Br)cc1O)N1CCc2ccccc2CC1. The highest BCUT2D eigenvalue weighted by Gasteiger charge is 2.21. The van der Waals surface area contributed by atoms with Crippen LogP contribution >= 0.6 is 15.9 Å². The first-order valence-corrected chi connectivity index (χ1v) is 7.79. The van der Waals surface area contributed by atoms with Crippen LogP contribution in [0, 0.1) is 0 Å². The minimum absolute atomic E-state index is 0.0242. The second-order valence-corrected chi connectivity index (χ2v) is 6.14. The minimum Gasteiger partial charge on any atom is -0.507 e. The molecule has 1 amide bonds. The van der Waals surface area contributed by atoms with Crippen LogP contribution in [0.25, 0.3) is 0 Å². The Bertz CT molecular complexity index is 657.